The molecule has 1 aromatic carbocycles. The quantitative estimate of drug-likeness (QED) is 0.867. The summed E-state index contributed by atoms with van der Waals surface area (Å²) in [7, 11) is 1.68. The number of rotatable bonds is 3. The number of nitrogens with one attached hydrogen (secondary N) is 1. The number of anilines is 2. The molecule has 0 saturated carbocycles. The maximum absolute atomic E-state index is 12.5. The van der Waals surface area contributed by atoms with Crippen LogP contribution in [-0.2, 0) is 17.3 Å². The van der Waals surface area contributed by atoms with E-state index in [2.05, 4.69) is 10.3 Å². The lowest BCUT2D eigenvalue weighted by Crippen LogP contribution is -2.08. The summed E-state index contributed by atoms with van der Waals surface area (Å²) in [5.41, 5.74) is 0.960. The van der Waals surface area contributed by atoms with E-state index in [1.807, 2.05) is 0 Å². The number of halogens is 3. The summed E-state index contributed by atoms with van der Waals surface area (Å²) in [6.07, 6.45) is -1.31. The van der Waals surface area contributed by atoms with Gasteiger partial charge >= 0.3 is 6.18 Å². The largest absolute Gasteiger partial charge is 0.416 e. The molecule has 1 heterocycles. The van der Waals surface area contributed by atoms with E-state index in [0.717, 1.165) is 42.0 Å². The highest BCUT2D eigenvalue weighted by Gasteiger charge is 2.30. The minimum atomic E-state index is -4.31. The molecule has 1 aliphatic rings. The van der Waals surface area contributed by atoms with E-state index in [4.69, 9.17) is 4.74 Å². The zero-order valence-electron chi connectivity index (χ0n) is 11.9. The molecule has 0 amide bonds. The van der Waals surface area contributed by atoms with Gasteiger partial charge in [0.2, 0.25) is 0 Å². The first kappa shape index (κ1) is 15.3. The van der Waals surface area contributed by atoms with E-state index >= 15 is 0 Å². The van der Waals surface area contributed by atoms with Crippen molar-refractivity contribution >= 4 is 22.2 Å². The Bertz CT molecular complexity index is 652. The van der Waals surface area contributed by atoms with Crippen molar-refractivity contribution in [2.45, 2.75) is 31.5 Å². The molecule has 2 aromatic rings. The number of ether oxygens (including phenoxy) is 1. The third-order valence-electron chi connectivity index (χ3n) is 3.65. The van der Waals surface area contributed by atoms with Crippen molar-refractivity contribution in [2.75, 3.05) is 12.4 Å². The third-order valence-corrected chi connectivity index (χ3v) is 4.75. The van der Waals surface area contributed by atoms with Gasteiger partial charge in [-0.05, 0) is 43.5 Å². The Morgan fingerprint density at radius 2 is 2.00 bits per heavy atom. The number of aryl methyl sites for hydroxylation is 1. The van der Waals surface area contributed by atoms with Crippen LogP contribution in [-0.4, -0.2) is 12.1 Å². The Hall–Kier alpha value is -1.60. The average molecular weight is 328 g/mol. The Kier molecular flexibility index (Phi) is 4.10. The maximum Gasteiger partial charge on any atom is 0.416 e. The first-order valence-electron chi connectivity index (χ1n) is 6.94. The van der Waals surface area contributed by atoms with Crippen LogP contribution in [0.15, 0.2) is 24.3 Å². The number of hydrogen-bond acceptors (Lipinski definition) is 4. The van der Waals surface area contributed by atoms with Crippen molar-refractivity contribution in [1.29, 1.82) is 0 Å². The van der Waals surface area contributed by atoms with E-state index in [1.54, 1.807) is 7.11 Å². The molecule has 3 nitrogen and oxygen atoms in total. The van der Waals surface area contributed by atoms with Crippen LogP contribution in [0.5, 0.6) is 0 Å². The molecule has 0 fully saturated rings. The summed E-state index contributed by atoms with van der Waals surface area (Å²) in [4.78, 5) is 5.63. The van der Waals surface area contributed by atoms with Gasteiger partial charge in [0.25, 0.3) is 0 Å². The van der Waals surface area contributed by atoms with E-state index in [1.165, 1.54) is 23.5 Å². The highest BCUT2D eigenvalue weighted by molar-refractivity contribution is 7.15. The van der Waals surface area contributed by atoms with E-state index < -0.39 is 11.7 Å². The summed E-state index contributed by atoms with van der Waals surface area (Å²) in [6, 6.07) is 4.95. The fourth-order valence-electron chi connectivity index (χ4n) is 2.52. The zero-order chi connectivity index (χ0) is 15.7. The predicted molar refractivity (Wildman–Crippen MR) is 79.5 cm³/mol. The first-order chi connectivity index (χ1) is 10.5. The molecule has 1 atom stereocenters. The van der Waals surface area contributed by atoms with Gasteiger partial charge in [0.15, 0.2) is 5.13 Å². The lowest BCUT2D eigenvalue weighted by Gasteiger charge is -2.18. The first-order valence-corrected chi connectivity index (χ1v) is 7.75. The van der Waals surface area contributed by atoms with Crippen molar-refractivity contribution in [3.8, 4) is 0 Å². The standard InChI is InChI=1S/C15H15F3N2OS/c1-21-12-4-2-3-11-13(12)22-14(20-11)19-10-7-5-9(6-8-10)15(16,17)18/h5-8,12H,2-4H2,1H3,(H,19,20). The molecule has 22 heavy (non-hydrogen) atoms. The molecule has 3 rings (SSSR count). The molecule has 1 aromatic heterocycles. The van der Waals surface area contributed by atoms with Gasteiger partial charge in [-0.2, -0.15) is 13.2 Å². The minimum Gasteiger partial charge on any atom is -0.376 e. The van der Waals surface area contributed by atoms with Crippen LogP contribution >= 0.6 is 11.3 Å². The van der Waals surface area contributed by atoms with Crippen molar-refractivity contribution in [1.82, 2.24) is 4.98 Å². The lowest BCUT2D eigenvalue weighted by atomic mass is 10.0. The molecule has 7 heteroatoms. The molecule has 0 radical (unpaired) electrons. The molecule has 118 valence electrons. The molecule has 0 bridgehead atoms. The lowest BCUT2D eigenvalue weighted by molar-refractivity contribution is -0.137. The van der Waals surface area contributed by atoms with Crippen LogP contribution in [0, 0.1) is 0 Å². The van der Waals surface area contributed by atoms with Crippen LogP contribution in [0.4, 0.5) is 24.0 Å². The molecular formula is C15H15F3N2OS. The number of aromatic nitrogens is 1. The van der Waals surface area contributed by atoms with Crippen LogP contribution in [0.1, 0.15) is 35.1 Å². The number of fused-ring (bicyclic) bond motifs is 1. The fourth-order valence-corrected chi connectivity index (χ4v) is 3.67. The Morgan fingerprint density at radius 1 is 1.27 bits per heavy atom. The fraction of sp³-hybridized carbons (Fsp3) is 0.400. The molecule has 0 spiro atoms. The Balaban J connectivity index is 1.78. The smallest absolute Gasteiger partial charge is 0.376 e. The number of benzene rings is 1. The van der Waals surface area contributed by atoms with E-state index in [-0.39, 0.29) is 6.10 Å². The van der Waals surface area contributed by atoms with Crippen molar-refractivity contribution < 1.29 is 17.9 Å². The number of thiazole rings is 1. The van der Waals surface area contributed by atoms with Gasteiger partial charge in [0.05, 0.1) is 22.2 Å². The second kappa shape index (κ2) is 5.89. The average Bonchev–Trinajstić information content (AvgIpc) is 2.89. The number of alkyl halides is 3. The summed E-state index contributed by atoms with van der Waals surface area (Å²) in [6.45, 7) is 0. The highest BCUT2D eigenvalue weighted by atomic mass is 32.1. The predicted octanol–water partition coefficient (Wildman–Crippen LogP) is 4.93. The number of hydrogen-bond donors (Lipinski definition) is 1. The molecule has 1 aliphatic carbocycles. The Morgan fingerprint density at radius 3 is 2.64 bits per heavy atom. The maximum atomic E-state index is 12.5. The molecule has 0 aliphatic heterocycles. The van der Waals surface area contributed by atoms with Gasteiger partial charge in [-0.15, -0.1) is 0 Å². The number of methoxy groups -OCH3 is 1. The van der Waals surface area contributed by atoms with Crippen molar-refractivity contribution in [2.24, 2.45) is 0 Å². The Labute approximate surface area is 130 Å². The second-order valence-corrected chi connectivity index (χ2v) is 6.18. The summed E-state index contributed by atoms with van der Waals surface area (Å²) >= 11 is 1.50. The molecule has 1 N–H and O–H groups in total. The van der Waals surface area contributed by atoms with Gasteiger partial charge in [0, 0.05) is 12.8 Å². The summed E-state index contributed by atoms with van der Waals surface area (Å²) < 4.78 is 43.1. The van der Waals surface area contributed by atoms with Crippen molar-refractivity contribution in [3.05, 3.63) is 40.4 Å². The van der Waals surface area contributed by atoms with Gasteiger partial charge < -0.3 is 10.1 Å². The highest BCUT2D eigenvalue weighted by Crippen LogP contribution is 2.39. The zero-order valence-corrected chi connectivity index (χ0v) is 12.7. The van der Waals surface area contributed by atoms with Gasteiger partial charge in [-0.1, -0.05) is 11.3 Å². The van der Waals surface area contributed by atoms with Gasteiger partial charge in [-0.3, -0.25) is 0 Å². The third kappa shape index (κ3) is 3.10. The molecule has 0 saturated heterocycles. The molecule has 1 unspecified atom stereocenters. The SMILES string of the molecule is COC1CCCc2nc(Nc3ccc(C(F)(F)F)cc3)sc21. The van der Waals surface area contributed by atoms with Crippen LogP contribution in [0.3, 0.4) is 0 Å². The second-order valence-electron chi connectivity index (χ2n) is 5.15. The van der Waals surface area contributed by atoms with Crippen LogP contribution in [0.25, 0.3) is 0 Å². The topological polar surface area (TPSA) is 34.1 Å². The number of nitrogens with zero attached hydrogens (tertiary/aromatic N) is 1. The monoisotopic (exact) mass is 328 g/mol. The minimum absolute atomic E-state index is 0.0735. The van der Waals surface area contributed by atoms with Gasteiger partial charge in [0.1, 0.15) is 0 Å². The van der Waals surface area contributed by atoms with Crippen LogP contribution in [0.2, 0.25) is 0 Å². The van der Waals surface area contributed by atoms with Gasteiger partial charge in [-0.25, -0.2) is 4.98 Å². The van der Waals surface area contributed by atoms with E-state index in [0.29, 0.717) is 10.8 Å². The van der Waals surface area contributed by atoms with Crippen molar-refractivity contribution in [3.63, 3.8) is 0 Å². The summed E-state index contributed by atoms with van der Waals surface area (Å²) in [5, 5.41) is 3.76. The summed E-state index contributed by atoms with van der Waals surface area (Å²) in [5.74, 6) is 0. The molecular weight excluding hydrogens is 313 g/mol. The van der Waals surface area contributed by atoms with E-state index in [9.17, 15) is 13.2 Å². The van der Waals surface area contributed by atoms with Crippen LogP contribution < -0.4 is 5.32 Å². The normalized spacial score (nSPS) is 18.1.